The van der Waals surface area contributed by atoms with Gasteiger partial charge in [-0.2, -0.15) is 5.10 Å². The second-order valence-electron chi connectivity index (χ2n) is 0.367. The summed E-state index contributed by atoms with van der Waals surface area (Å²) < 4.78 is 0. The van der Waals surface area contributed by atoms with Crippen LogP contribution in [0.5, 0.6) is 0 Å². The maximum atomic E-state index is 3.30. The van der Waals surface area contributed by atoms with Gasteiger partial charge in [0.15, 0.2) is 0 Å². The second kappa shape index (κ2) is 4.25. The van der Waals surface area contributed by atoms with Gasteiger partial charge in [0, 0.05) is 6.72 Å². The van der Waals surface area contributed by atoms with Gasteiger partial charge in [-0.3, -0.25) is 0 Å². The minimum atomic E-state index is 1.34. The molecule has 0 radical (unpaired) electrons. The quantitative estimate of drug-likeness (QED) is 0.243. The van der Waals surface area contributed by atoms with Crippen molar-refractivity contribution in [2.45, 2.75) is 0 Å². The van der Waals surface area contributed by atoms with Crippen LogP contribution in [-0.4, -0.2) is 6.72 Å². The maximum Gasteiger partial charge on any atom is 0.0115 e. The maximum absolute atomic E-state index is 3.30. The first-order valence-electron chi connectivity index (χ1n) is 0.980. The molecular weight excluding hydrogens is 103 g/mol. The van der Waals surface area contributed by atoms with Crippen molar-refractivity contribution in [2.75, 3.05) is 0 Å². The first-order chi connectivity index (χ1) is 2.41. The molecule has 30 valence electrons. The molecule has 1 unspecified atom stereocenters. The van der Waals surface area contributed by atoms with Gasteiger partial charge in [-0.1, -0.05) is 8.44 Å². The van der Waals surface area contributed by atoms with Crippen LogP contribution in [0.25, 0.3) is 0 Å². The highest BCUT2D eigenvalue weighted by atomic mass is 32.7. The standard InChI is InChI=1S/CH5N2PS/c1-2-3-5-4/h3H,1,4H2. The Balaban J connectivity index is 2.40. The first kappa shape index (κ1) is 5.25. The molecule has 1 atom stereocenters. The first-order valence-corrected chi connectivity index (χ1v) is 3.27. The molecule has 1 N–H and O–H groups in total. The highest BCUT2D eigenvalue weighted by Crippen LogP contribution is 2.00. The van der Waals surface area contributed by atoms with Gasteiger partial charge in [0.2, 0.25) is 0 Å². The monoisotopic (exact) mass is 108 g/mol. The van der Waals surface area contributed by atoms with Crippen LogP contribution in [0.2, 0.25) is 0 Å². The van der Waals surface area contributed by atoms with Crippen LogP contribution in [0, 0.1) is 0 Å². The third kappa shape index (κ3) is 4.25. The summed E-state index contributed by atoms with van der Waals surface area (Å²) in [5.41, 5.74) is 0. The summed E-state index contributed by atoms with van der Waals surface area (Å²) in [5, 5.41) is 3.30. The predicted octanol–water partition coefficient (Wildman–Crippen LogP) is 0.630. The molecule has 0 bridgehead atoms. The van der Waals surface area contributed by atoms with E-state index in [9.17, 15) is 0 Å². The smallest absolute Gasteiger partial charge is 0.0115 e. The SMILES string of the molecule is C=NNSP. The summed E-state index contributed by atoms with van der Waals surface area (Å²) in [6.07, 6.45) is 0. The van der Waals surface area contributed by atoms with Crippen molar-refractivity contribution in [1.82, 2.24) is 4.83 Å². The Kier molecular flexibility index (Phi) is 4.46. The molecule has 5 heavy (non-hydrogen) atoms. The minimum Gasteiger partial charge on any atom is -0.249 e. The van der Waals surface area contributed by atoms with Crippen molar-refractivity contribution in [1.29, 1.82) is 0 Å². The predicted molar refractivity (Wildman–Crippen MR) is 30.0 cm³/mol. The lowest BCUT2D eigenvalue weighted by Gasteiger charge is -1.81. The van der Waals surface area contributed by atoms with Crippen LogP contribution in [0.3, 0.4) is 0 Å². The topological polar surface area (TPSA) is 24.4 Å². The molecule has 0 aliphatic carbocycles. The third-order valence-corrected chi connectivity index (χ3v) is 0.668. The van der Waals surface area contributed by atoms with Gasteiger partial charge >= 0.3 is 0 Å². The molecule has 0 aromatic heterocycles. The van der Waals surface area contributed by atoms with Crippen LogP contribution >= 0.6 is 20.0 Å². The van der Waals surface area contributed by atoms with Crippen molar-refractivity contribution >= 4 is 26.7 Å². The van der Waals surface area contributed by atoms with E-state index in [1.54, 1.807) is 0 Å². The molecule has 0 aliphatic heterocycles. The summed E-state index contributed by atoms with van der Waals surface area (Å²) in [7, 11) is 2.37. The molecule has 0 saturated heterocycles. The Hall–Kier alpha value is 0.250. The van der Waals surface area contributed by atoms with Crippen LogP contribution in [-0.2, 0) is 0 Å². The summed E-state index contributed by atoms with van der Waals surface area (Å²) in [4.78, 5) is 2.50. The van der Waals surface area contributed by atoms with E-state index in [1.165, 1.54) is 11.6 Å². The normalized spacial score (nSPS) is 6.60. The van der Waals surface area contributed by atoms with E-state index < -0.39 is 0 Å². The number of nitrogens with zero attached hydrogens (tertiary/aromatic N) is 1. The van der Waals surface area contributed by atoms with Crippen molar-refractivity contribution in [3.8, 4) is 0 Å². The highest BCUT2D eigenvalue weighted by Gasteiger charge is 1.54. The van der Waals surface area contributed by atoms with Gasteiger partial charge in [0.1, 0.15) is 0 Å². The highest BCUT2D eigenvalue weighted by molar-refractivity contribution is 8.42. The lowest BCUT2D eigenvalue weighted by atomic mass is 11.7. The number of rotatable bonds is 2. The van der Waals surface area contributed by atoms with Crippen molar-refractivity contribution in [2.24, 2.45) is 5.10 Å². The van der Waals surface area contributed by atoms with Crippen molar-refractivity contribution < 1.29 is 0 Å². The summed E-state index contributed by atoms with van der Waals surface area (Å²) in [5.74, 6) is 0. The van der Waals surface area contributed by atoms with Crippen LogP contribution in [0.15, 0.2) is 5.10 Å². The van der Waals surface area contributed by atoms with E-state index in [-0.39, 0.29) is 0 Å². The molecule has 0 rings (SSSR count). The Bertz CT molecular complexity index is 30.8. The molecule has 0 spiro atoms. The van der Waals surface area contributed by atoms with E-state index >= 15 is 0 Å². The zero-order chi connectivity index (χ0) is 4.12. The molecule has 0 heterocycles. The Morgan fingerprint density at radius 1 is 2.00 bits per heavy atom. The zero-order valence-corrected chi connectivity index (χ0v) is 4.61. The molecule has 0 aromatic carbocycles. The average Bonchev–Trinajstić information content (AvgIpc) is 1.41. The molecular formula is CH5N2PS. The summed E-state index contributed by atoms with van der Waals surface area (Å²) >= 11 is 1.34. The van der Waals surface area contributed by atoms with Gasteiger partial charge in [0.25, 0.3) is 0 Å². The average molecular weight is 108 g/mol. The summed E-state index contributed by atoms with van der Waals surface area (Å²) in [6.45, 7) is 3.16. The zero-order valence-electron chi connectivity index (χ0n) is 2.64. The molecule has 4 heteroatoms. The number of hydrogen-bond acceptors (Lipinski definition) is 3. The molecule has 0 aliphatic rings. The van der Waals surface area contributed by atoms with E-state index in [0.717, 1.165) is 0 Å². The van der Waals surface area contributed by atoms with Gasteiger partial charge in [0.05, 0.1) is 0 Å². The fraction of sp³-hybridized carbons (Fsp3) is 0. The van der Waals surface area contributed by atoms with Crippen LogP contribution < -0.4 is 4.83 Å². The molecule has 0 aromatic rings. The molecule has 0 fully saturated rings. The van der Waals surface area contributed by atoms with E-state index in [1.807, 2.05) is 0 Å². The summed E-state index contributed by atoms with van der Waals surface area (Å²) in [6, 6.07) is 0. The fourth-order valence-corrected chi connectivity index (χ4v) is 0.335. The number of hydrazone groups is 1. The van der Waals surface area contributed by atoms with Crippen LogP contribution in [0.4, 0.5) is 0 Å². The minimum absolute atomic E-state index is 1.34. The molecule has 0 saturated carbocycles. The lowest BCUT2D eigenvalue weighted by molar-refractivity contribution is 1.15. The second-order valence-corrected chi connectivity index (χ2v) is 1.49. The number of nitrogens with one attached hydrogen (secondary N) is 1. The molecule has 0 amide bonds. The van der Waals surface area contributed by atoms with Gasteiger partial charge in [-0.25, -0.2) is 4.83 Å². The third-order valence-electron chi connectivity index (χ3n) is 0.117. The van der Waals surface area contributed by atoms with Crippen LogP contribution in [0.1, 0.15) is 0 Å². The van der Waals surface area contributed by atoms with Gasteiger partial charge < -0.3 is 0 Å². The van der Waals surface area contributed by atoms with Gasteiger partial charge in [-0.15, -0.1) is 0 Å². The lowest BCUT2D eigenvalue weighted by Crippen LogP contribution is -1.80. The molecule has 2 nitrogen and oxygen atoms in total. The Morgan fingerprint density at radius 2 is 2.60 bits per heavy atom. The van der Waals surface area contributed by atoms with E-state index in [0.29, 0.717) is 0 Å². The largest absolute Gasteiger partial charge is 0.249 e. The van der Waals surface area contributed by atoms with Gasteiger partial charge in [-0.05, 0) is 11.6 Å². The van der Waals surface area contributed by atoms with E-state index in [4.69, 9.17) is 0 Å². The van der Waals surface area contributed by atoms with Crippen molar-refractivity contribution in [3.05, 3.63) is 0 Å². The fourth-order valence-electron chi connectivity index (χ4n) is 0.0373. The number of hydrogen-bond donors (Lipinski definition) is 1. The Labute approximate surface area is 37.5 Å². The van der Waals surface area contributed by atoms with E-state index in [2.05, 4.69) is 25.1 Å². The van der Waals surface area contributed by atoms with Crippen molar-refractivity contribution in [3.63, 3.8) is 0 Å². The Morgan fingerprint density at radius 3 is 2.60 bits per heavy atom.